The van der Waals surface area contributed by atoms with Crippen molar-refractivity contribution in [2.75, 3.05) is 6.54 Å². The lowest BCUT2D eigenvalue weighted by atomic mass is 10.1. The van der Waals surface area contributed by atoms with Gasteiger partial charge in [-0.2, -0.15) is 0 Å². The van der Waals surface area contributed by atoms with Gasteiger partial charge in [-0.3, -0.25) is 24.2 Å². The molecule has 34 heavy (non-hydrogen) atoms. The molecule has 0 aliphatic heterocycles. The summed E-state index contributed by atoms with van der Waals surface area (Å²) in [6, 6.07) is -6.22. The van der Waals surface area contributed by atoms with E-state index in [1.807, 2.05) is 0 Å². The van der Waals surface area contributed by atoms with Gasteiger partial charge in [0.05, 0.1) is 18.6 Å². The summed E-state index contributed by atoms with van der Waals surface area (Å²) in [5, 5.41) is 43.7. The van der Waals surface area contributed by atoms with E-state index >= 15 is 0 Å². The highest BCUT2D eigenvalue weighted by atomic mass is 16.4. The van der Waals surface area contributed by atoms with Crippen LogP contribution in [0, 0.1) is 0 Å². The Bertz CT molecular complexity index is 769. The minimum absolute atomic E-state index is 0.0548. The van der Waals surface area contributed by atoms with Gasteiger partial charge in [-0.25, -0.2) is 4.79 Å². The number of carbonyl (C=O) groups is 5. The second-order valence-electron chi connectivity index (χ2n) is 7.50. The standard InChI is InChI=1S/C18H33N7O9/c1-7(26)12(19)16(32)24-10(6-11(28)29)15(31)23-9(4-3-5-22-18(20)21)14(30)25-13(8(2)27)17(33)34/h7-10,12-13,26-27H,3-6,19H2,1-2H3,(H,23,31)(H,24,32)(H,25,30)(H,28,29)(H,33,34)(H4,20,21,22). The monoisotopic (exact) mass is 491 g/mol. The molecule has 0 fully saturated rings. The number of carbonyl (C=O) groups excluding carboxylic acids is 3. The number of aliphatic carboxylic acids is 2. The molecule has 0 aromatic heterocycles. The zero-order valence-corrected chi connectivity index (χ0v) is 18.8. The maximum Gasteiger partial charge on any atom is 0.328 e. The molecule has 0 spiro atoms. The summed E-state index contributed by atoms with van der Waals surface area (Å²) < 4.78 is 0. The fourth-order valence-electron chi connectivity index (χ4n) is 2.56. The van der Waals surface area contributed by atoms with E-state index in [4.69, 9.17) is 27.4 Å². The van der Waals surface area contributed by atoms with E-state index in [-0.39, 0.29) is 25.3 Å². The Morgan fingerprint density at radius 2 is 1.38 bits per heavy atom. The van der Waals surface area contributed by atoms with Crippen LogP contribution in [-0.4, -0.2) is 99.0 Å². The molecule has 6 unspecified atom stereocenters. The number of nitrogens with two attached hydrogens (primary N) is 3. The van der Waals surface area contributed by atoms with Crippen LogP contribution in [0.4, 0.5) is 0 Å². The van der Waals surface area contributed by atoms with Gasteiger partial charge >= 0.3 is 11.9 Å². The number of aliphatic hydroxyl groups is 2. The van der Waals surface area contributed by atoms with E-state index in [0.717, 1.165) is 6.92 Å². The molecule has 3 amide bonds. The van der Waals surface area contributed by atoms with Crippen LogP contribution in [0.2, 0.25) is 0 Å². The predicted molar refractivity (Wildman–Crippen MR) is 117 cm³/mol. The van der Waals surface area contributed by atoms with Gasteiger partial charge in [-0.1, -0.05) is 0 Å². The summed E-state index contributed by atoms with van der Waals surface area (Å²) in [6.45, 7) is 2.41. The zero-order valence-electron chi connectivity index (χ0n) is 18.8. The van der Waals surface area contributed by atoms with Crippen molar-refractivity contribution in [2.24, 2.45) is 22.2 Å². The first-order valence-corrected chi connectivity index (χ1v) is 10.2. The van der Waals surface area contributed by atoms with Crippen LogP contribution in [0.3, 0.4) is 0 Å². The molecular weight excluding hydrogens is 458 g/mol. The molecule has 0 radical (unpaired) electrons. The third-order valence-corrected chi connectivity index (χ3v) is 4.46. The lowest BCUT2D eigenvalue weighted by Gasteiger charge is -2.25. The van der Waals surface area contributed by atoms with Gasteiger partial charge in [0.1, 0.15) is 18.1 Å². The summed E-state index contributed by atoms with van der Waals surface area (Å²) in [5.41, 5.74) is 15.9. The number of aliphatic imine (C=N–C) groups is 1. The van der Waals surface area contributed by atoms with Crippen LogP contribution in [0.15, 0.2) is 4.99 Å². The van der Waals surface area contributed by atoms with Crippen LogP contribution < -0.4 is 33.2 Å². The Morgan fingerprint density at radius 1 is 0.853 bits per heavy atom. The quantitative estimate of drug-likeness (QED) is 0.0586. The zero-order chi connectivity index (χ0) is 26.6. The molecule has 0 heterocycles. The first-order chi connectivity index (χ1) is 15.7. The second-order valence-corrected chi connectivity index (χ2v) is 7.50. The molecule has 6 atom stereocenters. The fourth-order valence-corrected chi connectivity index (χ4v) is 2.56. The summed E-state index contributed by atoms with van der Waals surface area (Å²) in [4.78, 5) is 63.6. The van der Waals surface area contributed by atoms with Crippen molar-refractivity contribution in [1.29, 1.82) is 0 Å². The number of nitrogens with zero attached hydrogens (tertiary/aromatic N) is 1. The minimum Gasteiger partial charge on any atom is -0.481 e. The maximum absolute atomic E-state index is 12.7. The van der Waals surface area contributed by atoms with E-state index in [1.165, 1.54) is 6.92 Å². The maximum atomic E-state index is 12.7. The number of guanidine groups is 1. The largest absolute Gasteiger partial charge is 0.481 e. The molecule has 0 aliphatic carbocycles. The summed E-state index contributed by atoms with van der Waals surface area (Å²) in [7, 11) is 0. The molecule has 194 valence electrons. The van der Waals surface area contributed by atoms with Crippen molar-refractivity contribution < 1.29 is 44.4 Å². The molecule has 0 rings (SSSR count). The van der Waals surface area contributed by atoms with Crippen LogP contribution in [0.1, 0.15) is 33.1 Å². The third kappa shape index (κ3) is 11.4. The number of amides is 3. The Morgan fingerprint density at radius 3 is 1.82 bits per heavy atom. The highest BCUT2D eigenvalue weighted by molar-refractivity contribution is 5.95. The summed E-state index contributed by atoms with van der Waals surface area (Å²) in [5.74, 6) is -6.29. The van der Waals surface area contributed by atoms with Gasteiger partial charge in [0.15, 0.2) is 12.0 Å². The number of nitrogens with one attached hydrogen (secondary N) is 3. The Labute approximate surface area is 194 Å². The van der Waals surface area contributed by atoms with E-state index in [1.54, 1.807) is 0 Å². The molecular formula is C18H33N7O9. The van der Waals surface area contributed by atoms with Gasteiger partial charge in [0.2, 0.25) is 17.7 Å². The van der Waals surface area contributed by atoms with Crippen molar-refractivity contribution in [1.82, 2.24) is 16.0 Å². The van der Waals surface area contributed by atoms with Gasteiger partial charge in [0, 0.05) is 6.54 Å². The smallest absolute Gasteiger partial charge is 0.328 e. The number of carboxylic acid groups (broad SMARTS) is 2. The van der Waals surface area contributed by atoms with E-state index in [0.29, 0.717) is 0 Å². The van der Waals surface area contributed by atoms with Crippen molar-refractivity contribution in [3.63, 3.8) is 0 Å². The summed E-state index contributed by atoms with van der Waals surface area (Å²) in [6.07, 6.45) is -3.61. The minimum atomic E-state index is -1.69. The lowest BCUT2D eigenvalue weighted by molar-refractivity contribution is -0.145. The van der Waals surface area contributed by atoms with Crippen molar-refractivity contribution in [3.8, 4) is 0 Å². The van der Waals surface area contributed by atoms with Crippen LogP contribution in [0.5, 0.6) is 0 Å². The Kier molecular flexibility index (Phi) is 13.1. The number of rotatable bonds is 15. The number of carboxylic acids is 2. The highest BCUT2D eigenvalue weighted by Crippen LogP contribution is 2.04. The predicted octanol–water partition coefficient (Wildman–Crippen LogP) is -4.86. The average molecular weight is 492 g/mol. The normalized spacial score (nSPS) is 16.0. The Hall–Kier alpha value is -3.50. The first-order valence-electron chi connectivity index (χ1n) is 10.2. The average Bonchev–Trinajstić information content (AvgIpc) is 2.71. The van der Waals surface area contributed by atoms with Gasteiger partial charge in [0.25, 0.3) is 0 Å². The van der Waals surface area contributed by atoms with E-state index in [9.17, 15) is 34.2 Å². The van der Waals surface area contributed by atoms with Crippen molar-refractivity contribution in [3.05, 3.63) is 0 Å². The molecule has 13 N–H and O–H groups in total. The van der Waals surface area contributed by atoms with Gasteiger partial charge in [-0.05, 0) is 26.7 Å². The molecule has 0 aliphatic rings. The SMILES string of the molecule is CC(O)C(N)C(=O)NC(CC(=O)O)C(=O)NC(CCCN=C(N)N)C(=O)NC(C(=O)O)C(C)O. The van der Waals surface area contributed by atoms with Crippen molar-refractivity contribution in [2.45, 2.75) is 69.5 Å². The van der Waals surface area contributed by atoms with Crippen molar-refractivity contribution >= 4 is 35.6 Å². The molecule has 16 nitrogen and oxygen atoms in total. The number of hydrogen-bond acceptors (Lipinski definition) is 9. The second kappa shape index (κ2) is 14.6. The molecule has 16 heteroatoms. The number of aliphatic hydroxyl groups excluding tert-OH is 2. The van der Waals surface area contributed by atoms with Gasteiger partial charge < -0.3 is 53.6 Å². The molecule has 0 saturated heterocycles. The first kappa shape index (κ1) is 30.5. The van der Waals surface area contributed by atoms with E-state index < -0.39 is 72.5 Å². The Balaban J connectivity index is 5.64. The number of hydrogen-bond donors (Lipinski definition) is 10. The third-order valence-electron chi connectivity index (χ3n) is 4.46. The summed E-state index contributed by atoms with van der Waals surface area (Å²) >= 11 is 0. The van der Waals surface area contributed by atoms with Crippen LogP contribution in [-0.2, 0) is 24.0 Å². The van der Waals surface area contributed by atoms with Crippen LogP contribution >= 0.6 is 0 Å². The molecule has 0 saturated carbocycles. The fraction of sp³-hybridized carbons (Fsp3) is 0.667. The lowest BCUT2D eigenvalue weighted by Crippen LogP contribution is -2.59. The molecule has 0 aromatic rings. The molecule has 0 aromatic carbocycles. The van der Waals surface area contributed by atoms with Gasteiger partial charge in [-0.15, -0.1) is 0 Å². The topological polar surface area (TPSA) is 293 Å². The molecule has 0 bridgehead atoms. The van der Waals surface area contributed by atoms with Crippen LogP contribution in [0.25, 0.3) is 0 Å². The van der Waals surface area contributed by atoms with E-state index in [2.05, 4.69) is 20.9 Å². The highest BCUT2D eigenvalue weighted by Gasteiger charge is 2.33.